The van der Waals surface area contributed by atoms with Gasteiger partial charge in [-0.05, 0) is 22.4 Å². The maximum atomic E-state index is 12.0. The second kappa shape index (κ2) is 7.28. The zero-order chi connectivity index (χ0) is 13.6. The Morgan fingerprint density at radius 2 is 2.11 bits per heavy atom. The fourth-order valence-electron chi connectivity index (χ4n) is 1.52. The summed E-state index contributed by atoms with van der Waals surface area (Å²) in [6, 6.07) is 1.44. The Bertz CT molecular complexity index is 471. The molecule has 1 rings (SSSR count). The van der Waals surface area contributed by atoms with Gasteiger partial charge in [0.1, 0.15) is 10.7 Å². The summed E-state index contributed by atoms with van der Waals surface area (Å²) >= 11 is 3.09. The smallest absolute Gasteiger partial charge is 0.244 e. The van der Waals surface area contributed by atoms with E-state index in [4.69, 9.17) is 10.2 Å². The molecule has 0 amide bonds. The minimum absolute atomic E-state index is 0.110. The number of hydrogen-bond donors (Lipinski definition) is 2. The van der Waals surface area contributed by atoms with E-state index in [0.29, 0.717) is 12.3 Å². The van der Waals surface area contributed by atoms with E-state index in [-0.39, 0.29) is 16.1 Å². The highest BCUT2D eigenvalue weighted by Gasteiger charge is 2.21. The maximum Gasteiger partial charge on any atom is 0.244 e. The van der Waals surface area contributed by atoms with E-state index < -0.39 is 10.0 Å². The Kier molecular flexibility index (Phi) is 6.34. The summed E-state index contributed by atoms with van der Waals surface area (Å²) in [5.74, 6) is 0.438. The van der Waals surface area contributed by atoms with Gasteiger partial charge in [-0.15, -0.1) is 0 Å². The van der Waals surface area contributed by atoms with Crippen molar-refractivity contribution >= 4 is 26.0 Å². The molecule has 0 radical (unpaired) electrons. The van der Waals surface area contributed by atoms with Gasteiger partial charge in [0.15, 0.2) is 4.67 Å². The van der Waals surface area contributed by atoms with Gasteiger partial charge in [0.25, 0.3) is 0 Å². The van der Waals surface area contributed by atoms with E-state index in [9.17, 15) is 8.42 Å². The monoisotopic (exact) mass is 338 g/mol. The number of halogens is 1. The molecular formula is C11H19BrN2O3S. The summed E-state index contributed by atoms with van der Waals surface area (Å²) in [7, 11) is -3.51. The predicted octanol–water partition coefficient (Wildman–Crippen LogP) is 2.36. The number of rotatable bonds is 8. The molecule has 0 bridgehead atoms. The molecule has 0 fully saturated rings. The Morgan fingerprint density at radius 1 is 1.39 bits per heavy atom. The molecule has 1 aromatic heterocycles. The summed E-state index contributed by atoms with van der Waals surface area (Å²) in [6.07, 6.45) is 4.11. The first-order valence-electron chi connectivity index (χ1n) is 5.99. The van der Waals surface area contributed by atoms with E-state index in [1.54, 1.807) is 0 Å². The van der Waals surface area contributed by atoms with Crippen molar-refractivity contribution in [2.24, 2.45) is 5.73 Å². The molecule has 1 aromatic rings. The summed E-state index contributed by atoms with van der Waals surface area (Å²) in [4.78, 5) is 0.110. The third-order valence-corrected chi connectivity index (χ3v) is 4.84. The van der Waals surface area contributed by atoms with Gasteiger partial charge in [-0.25, -0.2) is 13.1 Å². The molecule has 0 saturated carbocycles. The third-order valence-electron chi connectivity index (χ3n) is 2.52. The second-order valence-corrected chi connectivity index (χ2v) is 6.47. The summed E-state index contributed by atoms with van der Waals surface area (Å²) in [5.41, 5.74) is 5.40. The van der Waals surface area contributed by atoms with Crippen LogP contribution < -0.4 is 10.5 Å². The molecule has 0 unspecified atom stereocenters. The van der Waals surface area contributed by atoms with E-state index >= 15 is 0 Å². The average Bonchev–Trinajstić information content (AvgIpc) is 2.71. The van der Waals surface area contributed by atoms with Crippen LogP contribution in [0.2, 0.25) is 0 Å². The average molecular weight is 339 g/mol. The highest BCUT2D eigenvalue weighted by molar-refractivity contribution is 9.10. The molecule has 0 spiro atoms. The van der Waals surface area contributed by atoms with Crippen molar-refractivity contribution in [2.75, 3.05) is 6.54 Å². The van der Waals surface area contributed by atoms with Crippen LogP contribution in [0.5, 0.6) is 0 Å². The standard InChI is InChI=1S/C11H19BrN2O3S/c1-2-3-4-5-6-14-18(15,16)10-7-9(8-13)17-11(10)12/h7,14H,2-6,8,13H2,1H3. The van der Waals surface area contributed by atoms with Gasteiger partial charge < -0.3 is 10.2 Å². The first-order valence-corrected chi connectivity index (χ1v) is 8.26. The van der Waals surface area contributed by atoms with Gasteiger partial charge in [0.2, 0.25) is 10.0 Å². The molecule has 0 aliphatic carbocycles. The molecule has 7 heteroatoms. The van der Waals surface area contributed by atoms with Crippen molar-refractivity contribution < 1.29 is 12.8 Å². The second-order valence-electron chi connectivity index (χ2n) is 4.01. The number of unbranched alkanes of at least 4 members (excludes halogenated alkanes) is 3. The van der Waals surface area contributed by atoms with Gasteiger partial charge in [-0.1, -0.05) is 26.2 Å². The Morgan fingerprint density at radius 3 is 2.67 bits per heavy atom. The highest BCUT2D eigenvalue weighted by Crippen LogP contribution is 2.25. The number of nitrogens with one attached hydrogen (secondary N) is 1. The summed E-state index contributed by atoms with van der Waals surface area (Å²) < 4.78 is 31.9. The topological polar surface area (TPSA) is 85.3 Å². The fraction of sp³-hybridized carbons (Fsp3) is 0.636. The van der Waals surface area contributed by atoms with Crippen LogP contribution in [0, 0.1) is 0 Å². The number of nitrogens with two attached hydrogens (primary N) is 1. The van der Waals surface area contributed by atoms with E-state index in [1.165, 1.54) is 6.07 Å². The first kappa shape index (κ1) is 15.7. The van der Waals surface area contributed by atoms with Crippen LogP contribution in [0.25, 0.3) is 0 Å². The molecule has 0 atom stereocenters. The fourth-order valence-corrected chi connectivity index (χ4v) is 3.59. The SMILES string of the molecule is CCCCCCNS(=O)(=O)c1cc(CN)oc1Br. The molecule has 1 heterocycles. The molecule has 0 aliphatic heterocycles. The van der Waals surface area contributed by atoms with Crippen LogP contribution in [-0.2, 0) is 16.6 Å². The quantitative estimate of drug-likeness (QED) is 0.712. The largest absolute Gasteiger partial charge is 0.452 e. The van der Waals surface area contributed by atoms with Crippen LogP contribution in [-0.4, -0.2) is 15.0 Å². The van der Waals surface area contributed by atoms with Gasteiger partial charge >= 0.3 is 0 Å². The zero-order valence-corrected chi connectivity index (χ0v) is 12.8. The normalized spacial score (nSPS) is 11.9. The van der Waals surface area contributed by atoms with Crippen molar-refractivity contribution in [1.29, 1.82) is 0 Å². The van der Waals surface area contributed by atoms with E-state index in [0.717, 1.165) is 25.7 Å². The zero-order valence-electron chi connectivity index (χ0n) is 10.4. The van der Waals surface area contributed by atoms with E-state index in [1.807, 2.05) is 0 Å². The number of sulfonamides is 1. The minimum atomic E-state index is -3.51. The Hall–Kier alpha value is -0.370. The summed E-state index contributed by atoms with van der Waals surface area (Å²) in [6.45, 7) is 2.73. The lowest BCUT2D eigenvalue weighted by atomic mass is 10.2. The molecule has 0 aromatic carbocycles. The summed E-state index contributed by atoms with van der Waals surface area (Å²) in [5, 5.41) is 0. The van der Waals surface area contributed by atoms with Gasteiger partial charge in [-0.2, -0.15) is 0 Å². The highest BCUT2D eigenvalue weighted by atomic mass is 79.9. The van der Waals surface area contributed by atoms with Crippen molar-refractivity contribution in [1.82, 2.24) is 4.72 Å². The minimum Gasteiger partial charge on any atom is -0.452 e. The van der Waals surface area contributed by atoms with Crippen LogP contribution in [0.15, 0.2) is 20.0 Å². The maximum absolute atomic E-state index is 12.0. The van der Waals surface area contributed by atoms with Crippen LogP contribution in [0.4, 0.5) is 0 Å². The lowest BCUT2D eigenvalue weighted by molar-refractivity contribution is 0.483. The van der Waals surface area contributed by atoms with Crippen LogP contribution in [0.3, 0.4) is 0 Å². The Labute approximate surface area is 116 Å². The molecular weight excluding hydrogens is 320 g/mol. The molecule has 0 aliphatic rings. The van der Waals surface area contributed by atoms with Crippen molar-refractivity contribution in [3.05, 3.63) is 16.5 Å². The molecule has 0 saturated heterocycles. The number of hydrogen-bond acceptors (Lipinski definition) is 4. The third kappa shape index (κ3) is 4.38. The van der Waals surface area contributed by atoms with Gasteiger partial charge in [0.05, 0.1) is 6.54 Å². The first-order chi connectivity index (χ1) is 8.51. The number of furan rings is 1. The van der Waals surface area contributed by atoms with Crippen molar-refractivity contribution in [3.63, 3.8) is 0 Å². The van der Waals surface area contributed by atoms with Gasteiger partial charge in [0, 0.05) is 12.6 Å². The molecule has 18 heavy (non-hydrogen) atoms. The van der Waals surface area contributed by atoms with Crippen LogP contribution in [0.1, 0.15) is 38.4 Å². The van der Waals surface area contributed by atoms with Crippen LogP contribution >= 0.6 is 15.9 Å². The predicted molar refractivity (Wildman–Crippen MR) is 73.6 cm³/mol. The Balaban J connectivity index is 2.60. The lowest BCUT2D eigenvalue weighted by Gasteiger charge is -2.04. The van der Waals surface area contributed by atoms with E-state index in [2.05, 4.69) is 27.6 Å². The van der Waals surface area contributed by atoms with Gasteiger partial charge in [-0.3, -0.25) is 0 Å². The van der Waals surface area contributed by atoms with Crippen molar-refractivity contribution in [2.45, 2.75) is 44.0 Å². The van der Waals surface area contributed by atoms with Crippen molar-refractivity contribution in [3.8, 4) is 0 Å². The lowest BCUT2D eigenvalue weighted by Crippen LogP contribution is -2.24. The molecule has 5 nitrogen and oxygen atoms in total. The molecule has 104 valence electrons. The molecule has 3 N–H and O–H groups in total.